The lowest BCUT2D eigenvalue weighted by molar-refractivity contribution is 0.135. The van der Waals surface area contributed by atoms with E-state index in [-0.39, 0.29) is 0 Å². The molecule has 0 aliphatic rings. The van der Waals surface area contributed by atoms with Crippen LogP contribution in [-0.4, -0.2) is 16.2 Å². The zero-order valence-electron chi connectivity index (χ0n) is 7.60. The van der Waals surface area contributed by atoms with Crippen LogP contribution in [0, 0.1) is 0 Å². The predicted molar refractivity (Wildman–Crippen MR) is 50.5 cm³/mol. The van der Waals surface area contributed by atoms with E-state index in [0.717, 1.165) is 17.7 Å². The van der Waals surface area contributed by atoms with E-state index < -0.39 is 0 Å². The van der Waals surface area contributed by atoms with Gasteiger partial charge in [-0.05, 0) is 19.1 Å². The number of hydrogen-bond acceptors (Lipinski definition) is 2. The molecule has 0 radical (unpaired) electrons. The van der Waals surface area contributed by atoms with Crippen molar-refractivity contribution in [3.8, 4) is 0 Å². The minimum atomic E-state index is 0.643. The van der Waals surface area contributed by atoms with Gasteiger partial charge in [-0.1, -0.05) is 6.07 Å². The van der Waals surface area contributed by atoms with Crippen molar-refractivity contribution in [2.75, 3.05) is 6.61 Å². The fourth-order valence-electron chi connectivity index (χ4n) is 1.31. The van der Waals surface area contributed by atoms with Crippen molar-refractivity contribution in [1.82, 2.24) is 9.61 Å². The van der Waals surface area contributed by atoms with Gasteiger partial charge in [0.25, 0.3) is 0 Å². The summed E-state index contributed by atoms with van der Waals surface area (Å²) >= 11 is 0. The van der Waals surface area contributed by atoms with E-state index in [1.807, 2.05) is 42.0 Å². The molecule has 0 bridgehead atoms. The summed E-state index contributed by atoms with van der Waals surface area (Å²) in [6, 6.07) is 6.01. The van der Waals surface area contributed by atoms with Crippen LogP contribution in [0.5, 0.6) is 0 Å². The van der Waals surface area contributed by atoms with Crippen LogP contribution in [0.1, 0.15) is 12.5 Å². The number of nitrogens with zero attached hydrogens (tertiary/aromatic N) is 2. The summed E-state index contributed by atoms with van der Waals surface area (Å²) in [4.78, 5) is 0. The second-order valence-electron chi connectivity index (χ2n) is 2.84. The Morgan fingerprint density at radius 3 is 3.23 bits per heavy atom. The Balaban J connectivity index is 2.35. The maximum Gasteiger partial charge on any atom is 0.0753 e. The third-order valence-corrected chi connectivity index (χ3v) is 1.97. The highest BCUT2D eigenvalue weighted by molar-refractivity contribution is 5.52. The Bertz CT molecular complexity index is 394. The van der Waals surface area contributed by atoms with Gasteiger partial charge in [0.05, 0.1) is 18.3 Å². The SMILES string of the molecule is CCOCc1cnn2ccccc12. The molecule has 13 heavy (non-hydrogen) atoms. The first-order chi connectivity index (χ1) is 6.42. The minimum Gasteiger partial charge on any atom is -0.377 e. The number of hydrogen-bond donors (Lipinski definition) is 0. The highest BCUT2D eigenvalue weighted by Gasteiger charge is 2.01. The summed E-state index contributed by atoms with van der Waals surface area (Å²) < 4.78 is 7.19. The van der Waals surface area contributed by atoms with Gasteiger partial charge in [0.1, 0.15) is 0 Å². The van der Waals surface area contributed by atoms with Crippen LogP contribution in [-0.2, 0) is 11.3 Å². The van der Waals surface area contributed by atoms with E-state index in [1.54, 1.807) is 0 Å². The maximum atomic E-state index is 5.33. The van der Waals surface area contributed by atoms with Crippen LogP contribution < -0.4 is 0 Å². The molecule has 0 fully saturated rings. The lowest BCUT2D eigenvalue weighted by atomic mass is 10.3. The Labute approximate surface area is 76.9 Å². The average molecular weight is 176 g/mol. The number of ether oxygens (including phenoxy) is 1. The molecule has 2 rings (SSSR count). The second kappa shape index (κ2) is 3.58. The first-order valence-electron chi connectivity index (χ1n) is 4.41. The van der Waals surface area contributed by atoms with E-state index in [1.165, 1.54) is 0 Å². The molecule has 0 aliphatic carbocycles. The number of fused-ring (bicyclic) bond motifs is 1. The van der Waals surface area contributed by atoms with Gasteiger partial charge in [-0.2, -0.15) is 5.10 Å². The van der Waals surface area contributed by atoms with Crippen molar-refractivity contribution in [3.05, 3.63) is 36.2 Å². The van der Waals surface area contributed by atoms with Crippen molar-refractivity contribution in [2.24, 2.45) is 0 Å². The molecule has 0 unspecified atom stereocenters. The smallest absolute Gasteiger partial charge is 0.0753 e. The predicted octanol–water partition coefficient (Wildman–Crippen LogP) is 1.87. The first kappa shape index (κ1) is 8.26. The zero-order chi connectivity index (χ0) is 9.10. The van der Waals surface area contributed by atoms with Gasteiger partial charge in [-0.25, -0.2) is 4.52 Å². The lowest BCUT2D eigenvalue weighted by Crippen LogP contribution is -1.91. The fraction of sp³-hybridized carbons (Fsp3) is 0.300. The summed E-state index contributed by atoms with van der Waals surface area (Å²) in [6.07, 6.45) is 3.79. The van der Waals surface area contributed by atoms with E-state index in [9.17, 15) is 0 Å². The molecular formula is C10H12N2O. The minimum absolute atomic E-state index is 0.643. The molecule has 0 N–H and O–H groups in total. The normalized spacial score (nSPS) is 10.8. The molecule has 0 atom stereocenters. The van der Waals surface area contributed by atoms with Crippen molar-refractivity contribution in [2.45, 2.75) is 13.5 Å². The Hall–Kier alpha value is -1.35. The van der Waals surface area contributed by atoms with Crippen molar-refractivity contribution in [3.63, 3.8) is 0 Å². The molecular weight excluding hydrogens is 164 g/mol. The van der Waals surface area contributed by atoms with Crippen LogP contribution in [0.2, 0.25) is 0 Å². The fourth-order valence-corrected chi connectivity index (χ4v) is 1.31. The lowest BCUT2D eigenvalue weighted by Gasteiger charge is -1.98. The second-order valence-corrected chi connectivity index (χ2v) is 2.84. The van der Waals surface area contributed by atoms with Crippen molar-refractivity contribution in [1.29, 1.82) is 0 Å². The molecule has 0 amide bonds. The molecule has 0 aromatic carbocycles. The van der Waals surface area contributed by atoms with E-state index in [4.69, 9.17) is 4.74 Å². The number of rotatable bonds is 3. The van der Waals surface area contributed by atoms with E-state index in [0.29, 0.717) is 6.61 Å². The van der Waals surface area contributed by atoms with E-state index >= 15 is 0 Å². The molecule has 3 nitrogen and oxygen atoms in total. The third kappa shape index (κ3) is 1.55. The molecule has 3 heteroatoms. The summed E-state index contributed by atoms with van der Waals surface area (Å²) in [6.45, 7) is 3.37. The molecule has 0 saturated heterocycles. The van der Waals surface area contributed by atoms with Crippen LogP contribution >= 0.6 is 0 Å². The largest absolute Gasteiger partial charge is 0.377 e. The van der Waals surface area contributed by atoms with Gasteiger partial charge in [0.2, 0.25) is 0 Å². The van der Waals surface area contributed by atoms with Gasteiger partial charge in [0, 0.05) is 18.4 Å². The zero-order valence-corrected chi connectivity index (χ0v) is 7.60. The highest BCUT2D eigenvalue weighted by Crippen LogP contribution is 2.10. The van der Waals surface area contributed by atoms with Gasteiger partial charge in [0.15, 0.2) is 0 Å². The summed E-state index contributed by atoms with van der Waals surface area (Å²) in [5, 5.41) is 4.21. The molecule has 0 aliphatic heterocycles. The molecule has 2 aromatic heterocycles. The monoisotopic (exact) mass is 176 g/mol. The van der Waals surface area contributed by atoms with Crippen molar-refractivity contribution >= 4 is 5.52 Å². The summed E-state index contributed by atoms with van der Waals surface area (Å²) in [7, 11) is 0. The molecule has 0 spiro atoms. The van der Waals surface area contributed by atoms with Crippen molar-refractivity contribution < 1.29 is 4.74 Å². The summed E-state index contributed by atoms with van der Waals surface area (Å²) in [5.74, 6) is 0. The number of pyridine rings is 1. The molecule has 2 heterocycles. The topological polar surface area (TPSA) is 26.5 Å². The van der Waals surface area contributed by atoms with Crippen LogP contribution in [0.15, 0.2) is 30.6 Å². The van der Waals surface area contributed by atoms with Gasteiger partial charge < -0.3 is 4.74 Å². The van der Waals surface area contributed by atoms with Crippen LogP contribution in [0.4, 0.5) is 0 Å². The molecule has 68 valence electrons. The maximum absolute atomic E-state index is 5.33. The average Bonchev–Trinajstić information content (AvgIpc) is 2.58. The summed E-state index contributed by atoms with van der Waals surface area (Å²) in [5.41, 5.74) is 2.26. The van der Waals surface area contributed by atoms with E-state index in [2.05, 4.69) is 5.10 Å². The van der Waals surface area contributed by atoms with Crippen LogP contribution in [0.25, 0.3) is 5.52 Å². The van der Waals surface area contributed by atoms with Gasteiger partial charge >= 0.3 is 0 Å². The quantitative estimate of drug-likeness (QED) is 0.713. The Morgan fingerprint density at radius 2 is 2.38 bits per heavy atom. The van der Waals surface area contributed by atoms with Gasteiger partial charge in [-0.3, -0.25) is 0 Å². The van der Waals surface area contributed by atoms with Crippen LogP contribution in [0.3, 0.4) is 0 Å². The molecule has 2 aromatic rings. The molecule has 0 saturated carbocycles. The Kier molecular flexibility index (Phi) is 2.27. The first-order valence-corrected chi connectivity index (χ1v) is 4.41. The third-order valence-electron chi connectivity index (χ3n) is 1.97. The van der Waals surface area contributed by atoms with Gasteiger partial charge in [-0.15, -0.1) is 0 Å². The Morgan fingerprint density at radius 1 is 1.46 bits per heavy atom. The number of aromatic nitrogens is 2. The standard InChI is InChI=1S/C10H12N2O/c1-2-13-8-9-7-11-12-6-4-3-5-10(9)12/h3-7H,2,8H2,1H3. The highest BCUT2D eigenvalue weighted by atomic mass is 16.5.